The summed E-state index contributed by atoms with van der Waals surface area (Å²) in [4.78, 5) is 22.2. The van der Waals surface area contributed by atoms with E-state index in [9.17, 15) is 9.59 Å². The Morgan fingerprint density at radius 2 is 2.00 bits per heavy atom. The van der Waals surface area contributed by atoms with E-state index in [0.717, 1.165) is 5.69 Å². The summed E-state index contributed by atoms with van der Waals surface area (Å²) in [6.45, 7) is -0.702. The molecular formula is C11H14N2O4. The first-order chi connectivity index (χ1) is 8.13. The molecule has 0 heterocycles. The molecule has 0 spiro atoms. The lowest BCUT2D eigenvalue weighted by molar-refractivity contribution is -0.159. The van der Waals surface area contributed by atoms with Crippen LogP contribution in [-0.2, 0) is 14.3 Å². The van der Waals surface area contributed by atoms with Crippen molar-refractivity contribution < 1.29 is 19.4 Å². The van der Waals surface area contributed by atoms with Crippen molar-refractivity contribution in [2.45, 2.75) is 6.04 Å². The lowest BCUT2D eigenvalue weighted by Crippen LogP contribution is -2.37. The summed E-state index contributed by atoms with van der Waals surface area (Å²) in [5.41, 5.74) is 5.91. The summed E-state index contributed by atoms with van der Waals surface area (Å²) in [5, 5.41) is 11.3. The fourth-order valence-corrected chi connectivity index (χ4v) is 1.03. The van der Waals surface area contributed by atoms with E-state index in [1.54, 1.807) is 24.3 Å². The minimum Gasteiger partial charge on any atom is -0.394 e. The Kier molecular flexibility index (Phi) is 5.12. The molecule has 1 rings (SSSR count). The van der Waals surface area contributed by atoms with Gasteiger partial charge in [-0.15, -0.1) is 0 Å². The molecule has 0 fully saturated rings. The predicted molar refractivity (Wildman–Crippen MR) is 61.1 cm³/mol. The minimum atomic E-state index is -1.18. The second kappa shape index (κ2) is 6.62. The Balaban J connectivity index is 2.33. The zero-order valence-electron chi connectivity index (χ0n) is 9.13. The standard InChI is InChI=1S/C11H14N2O4/c12-9(7-14)11(16)17-10(15)6-13-8-4-2-1-3-5-8/h1-5,9,13-14H,6-7,12H2/t9-/m0/s1. The Labute approximate surface area is 98.4 Å². The van der Waals surface area contributed by atoms with Gasteiger partial charge in [0, 0.05) is 5.69 Å². The van der Waals surface area contributed by atoms with Crippen LogP contribution in [0.5, 0.6) is 0 Å². The first-order valence-corrected chi connectivity index (χ1v) is 5.03. The quantitative estimate of drug-likeness (QED) is 0.471. The molecule has 0 aliphatic heterocycles. The molecule has 17 heavy (non-hydrogen) atoms. The number of ether oxygens (including phenoxy) is 1. The molecular weight excluding hydrogens is 224 g/mol. The van der Waals surface area contributed by atoms with Crippen molar-refractivity contribution in [3.05, 3.63) is 30.3 Å². The van der Waals surface area contributed by atoms with Crippen LogP contribution in [0.25, 0.3) is 0 Å². The zero-order chi connectivity index (χ0) is 12.7. The monoisotopic (exact) mass is 238 g/mol. The smallest absolute Gasteiger partial charge is 0.333 e. The Bertz CT molecular complexity index is 380. The third-order valence-electron chi connectivity index (χ3n) is 1.92. The van der Waals surface area contributed by atoms with E-state index >= 15 is 0 Å². The van der Waals surface area contributed by atoms with Crippen molar-refractivity contribution in [1.29, 1.82) is 0 Å². The summed E-state index contributed by atoms with van der Waals surface area (Å²) in [5.74, 6) is -1.69. The van der Waals surface area contributed by atoms with E-state index in [1.807, 2.05) is 6.07 Å². The number of esters is 2. The van der Waals surface area contributed by atoms with Crippen molar-refractivity contribution in [3.8, 4) is 0 Å². The normalized spacial score (nSPS) is 11.6. The Hall–Kier alpha value is -1.92. The van der Waals surface area contributed by atoms with Crippen molar-refractivity contribution in [3.63, 3.8) is 0 Å². The second-order valence-electron chi connectivity index (χ2n) is 3.30. The number of para-hydroxylation sites is 1. The molecule has 0 amide bonds. The van der Waals surface area contributed by atoms with Gasteiger partial charge in [0.2, 0.25) is 0 Å². The molecule has 0 radical (unpaired) electrons. The zero-order valence-corrected chi connectivity index (χ0v) is 9.13. The number of carbonyl (C=O) groups is 2. The van der Waals surface area contributed by atoms with Crippen LogP contribution < -0.4 is 11.1 Å². The maximum Gasteiger partial charge on any atom is 0.333 e. The van der Waals surface area contributed by atoms with Crippen molar-refractivity contribution >= 4 is 17.6 Å². The first kappa shape index (κ1) is 13.1. The number of aliphatic hydroxyl groups is 1. The molecule has 92 valence electrons. The number of nitrogens with one attached hydrogen (secondary N) is 1. The van der Waals surface area contributed by atoms with E-state index in [-0.39, 0.29) is 6.54 Å². The van der Waals surface area contributed by atoms with Gasteiger partial charge in [0.25, 0.3) is 0 Å². The Morgan fingerprint density at radius 3 is 2.59 bits per heavy atom. The topological polar surface area (TPSA) is 102 Å². The number of benzene rings is 1. The van der Waals surface area contributed by atoms with Gasteiger partial charge < -0.3 is 20.9 Å². The third kappa shape index (κ3) is 4.62. The highest BCUT2D eigenvalue weighted by atomic mass is 16.6. The highest BCUT2D eigenvalue weighted by molar-refractivity contribution is 5.90. The summed E-state index contributed by atoms with van der Waals surface area (Å²) < 4.78 is 4.40. The van der Waals surface area contributed by atoms with E-state index in [1.165, 1.54) is 0 Å². The lowest BCUT2D eigenvalue weighted by atomic mass is 10.3. The largest absolute Gasteiger partial charge is 0.394 e. The number of nitrogens with two attached hydrogens (primary N) is 1. The average Bonchev–Trinajstić information content (AvgIpc) is 2.36. The number of rotatable bonds is 5. The first-order valence-electron chi connectivity index (χ1n) is 5.03. The summed E-state index contributed by atoms with van der Waals surface area (Å²) in [6, 6.07) is 7.81. The number of aliphatic hydroxyl groups excluding tert-OH is 1. The van der Waals surface area contributed by atoms with Crippen LogP contribution in [-0.4, -0.2) is 36.2 Å². The molecule has 0 aliphatic rings. The van der Waals surface area contributed by atoms with Crippen LogP contribution in [0.1, 0.15) is 0 Å². The Morgan fingerprint density at radius 1 is 1.35 bits per heavy atom. The third-order valence-corrected chi connectivity index (χ3v) is 1.92. The number of hydrogen-bond donors (Lipinski definition) is 3. The second-order valence-corrected chi connectivity index (χ2v) is 3.30. The molecule has 0 saturated carbocycles. The van der Waals surface area contributed by atoms with Gasteiger partial charge >= 0.3 is 11.9 Å². The molecule has 0 bridgehead atoms. The van der Waals surface area contributed by atoms with Gasteiger partial charge in [-0.2, -0.15) is 0 Å². The molecule has 4 N–H and O–H groups in total. The van der Waals surface area contributed by atoms with Crippen LogP contribution in [0.3, 0.4) is 0 Å². The fourth-order valence-electron chi connectivity index (χ4n) is 1.03. The molecule has 0 aliphatic carbocycles. The number of carbonyl (C=O) groups excluding carboxylic acids is 2. The van der Waals surface area contributed by atoms with Gasteiger partial charge in [0.1, 0.15) is 12.6 Å². The van der Waals surface area contributed by atoms with Gasteiger partial charge in [0.15, 0.2) is 0 Å². The molecule has 6 heteroatoms. The molecule has 0 unspecified atom stereocenters. The molecule has 1 aromatic carbocycles. The molecule has 1 atom stereocenters. The highest BCUT2D eigenvalue weighted by Gasteiger charge is 2.17. The van der Waals surface area contributed by atoms with E-state index in [0.29, 0.717) is 0 Å². The summed E-state index contributed by atoms with van der Waals surface area (Å²) >= 11 is 0. The number of anilines is 1. The fraction of sp³-hybridized carbons (Fsp3) is 0.273. The van der Waals surface area contributed by atoms with E-state index in [4.69, 9.17) is 10.8 Å². The molecule has 0 aromatic heterocycles. The molecule has 6 nitrogen and oxygen atoms in total. The van der Waals surface area contributed by atoms with Crippen molar-refractivity contribution in [2.75, 3.05) is 18.5 Å². The lowest BCUT2D eigenvalue weighted by Gasteiger charge is -2.08. The van der Waals surface area contributed by atoms with Crippen LogP contribution in [0, 0.1) is 0 Å². The average molecular weight is 238 g/mol. The van der Waals surface area contributed by atoms with Gasteiger partial charge in [-0.1, -0.05) is 18.2 Å². The van der Waals surface area contributed by atoms with Gasteiger partial charge in [-0.05, 0) is 12.1 Å². The maximum absolute atomic E-state index is 11.2. The SMILES string of the molecule is N[C@@H](CO)C(=O)OC(=O)CNc1ccccc1. The maximum atomic E-state index is 11.2. The van der Waals surface area contributed by atoms with Crippen molar-refractivity contribution in [2.24, 2.45) is 5.73 Å². The van der Waals surface area contributed by atoms with Crippen LogP contribution in [0.2, 0.25) is 0 Å². The molecule has 1 aromatic rings. The minimum absolute atomic E-state index is 0.145. The molecule has 0 saturated heterocycles. The van der Waals surface area contributed by atoms with Gasteiger partial charge in [-0.3, -0.25) is 0 Å². The van der Waals surface area contributed by atoms with E-state index < -0.39 is 24.6 Å². The summed E-state index contributed by atoms with van der Waals surface area (Å²) in [6.07, 6.45) is 0. The van der Waals surface area contributed by atoms with Crippen molar-refractivity contribution in [1.82, 2.24) is 0 Å². The van der Waals surface area contributed by atoms with Crippen LogP contribution in [0.15, 0.2) is 30.3 Å². The van der Waals surface area contributed by atoms with E-state index in [2.05, 4.69) is 10.1 Å². The van der Waals surface area contributed by atoms with Crippen LogP contribution >= 0.6 is 0 Å². The van der Waals surface area contributed by atoms with Crippen LogP contribution in [0.4, 0.5) is 5.69 Å². The van der Waals surface area contributed by atoms with Gasteiger partial charge in [0.05, 0.1) is 6.61 Å². The van der Waals surface area contributed by atoms with Gasteiger partial charge in [-0.25, -0.2) is 9.59 Å². The number of hydrogen-bond acceptors (Lipinski definition) is 6. The highest BCUT2D eigenvalue weighted by Crippen LogP contribution is 2.03. The summed E-state index contributed by atoms with van der Waals surface area (Å²) in [7, 11) is 0. The predicted octanol–water partition coefficient (Wildman–Crippen LogP) is -0.512.